The molecule has 2 N–H and O–H groups in total. The molecule has 2 heterocycles. The molecule has 0 fully saturated rings. The summed E-state index contributed by atoms with van der Waals surface area (Å²) in [5, 5.41) is 6.23. The number of carbonyl (C=O) groups is 1. The SMILES string of the molecule is O=C1Cc2cccc(Nc3ccncc3)c2CN1. The second-order valence-corrected chi connectivity index (χ2v) is 4.26. The zero-order valence-electron chi connectivity index (χ0n) is 9.81. The maximum atomic E-state index is 11.4. The normalized spacial score (nSPS) is 13.7. The number of benzene rings is 1. The Hall–Kier alpha value is -2.36. The molecular formula is C14H13N3O. The van der Waals surface area contributed by atoms with Crippen LogP contribution >= 0.6 is 0 Å². The molecule has 1 aromatic heterocycles. The van der Waals surface area contributed by atoms with Crippen LogP contribution in [0.2, 0.25) is 0 Å². The number of nitrogens with one attached hydrogen (secondary N) is 2. The summed E-state index contributed by atoms with van der Waals surface area (Å²) in [7, 11) is 0. The van der Waals surface area contributed by atoms with Gasteiger partial charge in [-0.3, -0.25) is 9.78 Å². The van der Waals surface area contributed by atoms with Crippen LogP contribution in [0.5, 0.6) is 0 Å². The average Bonchev–Trinajstić information content (AvgIpc) is 2.40. The molecule has 0 bridgehead atoms. The van der Waals surface area contributed by atoms with E-state index in [1.165, 1.54) is 0 Å². The zero-order valence-corrected chi connectivity index (χ0v) is 9.81. The van der Waals surface area contributed by atoms with Gasteiger partial charge in [-0.25, -0.2) is 0 Å². The molecular weight excluding hydrogens is 226 g/mol. The lowest BCUT2D eigenvalue weighted by atomic mass is 9.99. The van der Waals surface area contributed by atoms with Gasteiger partial charge in [0.1, 0.15) is 0 Å². The van der Waals surface area contributed by atoms with Crippen molar-refractivity contribution in [3.8, 4) is 0 Å². The number of nitrogens with zero attached hydrogens (tertiary/aromatic N) is 1. The Morgan fingerprint density at radius 2 is 2.00 bits per heavy atom. The second-order valence-electron chi connectivity index (χ2n) is 4.26. The van der Waals surface area contributed by atoms with E-state index in [1.807, 2.05) is 30.3 Å². The third-order valence-electron chi connectivity index (χ3n) is 3.05. The highest BCUT2D eigenvalue weighted by molar-refractivity contribution is 5.82. The number of fused-ring (bicyclic) bond motifs is 1. The number of anilines is 2. The summed E-state index contributed by atoms with van der Waals surface area (Å²) in [6, 6.07) is 9.84. The van der Waals surface area contributed by atoms with E-state index in [1.54, 1.807) is 12.4 Å². The fourth-order valence-electron chi connectivity index (χ4n) is 2.14. The lowest BCUT2D eigenvalue weighted by Crippen LogP contribution is -2.30. The van der Waals surface area contributed by atoms with Crippen molar-refractivity contribution in [2.24, 2.45) is 0 Å². The quantitative estimate of drug-likeness (QED) is 0.842. The molecule has 1 aliphatic rings. The highest BCUT2D eigenvalue weighted by Crippen LogP contribution is 2.25. The Morgan fingerprint density at radius 1 is 1.17 bits per heavy atom. The van der Waals surface area contributed by atoms with Crippen LogP contribution in [0.4, 0.5) is 11.4 Å². The van der Waals surface area contributed by atoms with Crippen LogP contribution in [0.25, 0.3) is 0 Å². The lowest BCUT2D eigenvalue weighted by Gasteiger charge is -2.20. The van der Waals surface area contributed by atoms with Gasteiger partial charge in [0.15, 0.2) is 0 Å². The van der Waals surface area contributed by atoms with E-state index in [0.29, 0.717) is 13.0 Å². The fourth-order valence-corrected chi connectivity index (χ4v) is 2.14. The zero-order chi connectivity index (χ0) is 12.4. The predicted molar refractivity (Wildman–Crippen MR) is 69.5 cm³/mol. The molecule has 90 valence electrons. The molecule has 3 rings (SSSR count). The van der Waals surface area contributed by atoms with Crippen molar-refractivity contribution in [3.63, 3.8) is 0 Å². The Balaban J connectivity index is 1.94. The van der Waals surface area contributed by atoms with Crippen molar-refractivity contribution in [3.05, 3.63) is 53.9 Å². The third-order valence-corrected chi connectivity index (χ3v) is 3.05. The first-order valence-corrected chi connectivity index (χ1v) is 5.87. The van der Waals surface area contributed by atoms with Crippen LogP contribution in [-0.4, -0.2) is 10.9 Å². The van der Waals surface area contributed by atoms with E-state index >= 15 is 0 Å². The number of amides is 1. The van der Waals surface area contributed by atoms with Crippen LogP contribution < -0.4 is 10.6 Å². The topological polar surface area (TPSA) is 54.0 Å². The van der Waals surface area contributed by atoms with Crippen molar-refractivity contribution in [1.29, 1.82) is 0 Å². The van der Waals surface area contributed by atoms with Gasteiger partial charge in [-0.2, -0.15) is 0 Å². The van der Waals surface area contributed by atoms with Gasteiger partial charge in [0.25, 0.3) is 0 Å². The van der Waals surface area contributed by atoms with Crippen LogP contribution in [0, 0.1) is 0 Å². The molecule has 0 saturated heterocycles. The molecule has 0 spiro atoms. The molecule has 1 aliphatic heterocycles. The molecule has 0 unspecified atom stereocenters. The summed E-state index contributed by atoms with van der Waals surface area (Å²) in [5.41, 5.74) is 4.29. The molecule has 1 aromatic carbocycles. The van der Waals surface area contributed by atoms with Crippen molar-refractivity contribution >= 4 is 17.3 Å². The third kappa shape index (κ3) is 2.05. The van der Waals surface area contributed by atoms with Gasteiger partial charge in [0.2, 0.25) is 5.91 Å². The molecule has 4 heteroatoms. The van der Waals surface area contributed by atoms with Crippen molar-refractivity contribution < 1.29 is 4.79 Å². The molecule has 18 heavy (non-hydrogen) atoms. The summed E-state index contributed by atoms with van der Waals surface area (Å²) in [6.07, 6.45) is 3.96. The summed E-state index contributed by atoms with van der Waals surface area (Å²) >= 11 is 0. The van der Waals surface area contributed by atoms with Gasteiger partial charge >= 0.3 is 0 Å². The molecule has 4 nitrogen and oxygen atoms in total. The summed E-state index contributed by atoms with van der Waals surface area (Å²) in [5.74, 6) is 0.0866. The Bertz CT molecular complexity index is 581. The van der Waals surface area contributed by atoms with Gasteiger partial charge in [-0.05, 0) is 29.3 Å². The smallest absolute Gasteiger partial charge is 0.224 e. The second kappa shape index (κ2) is 4.49. The largest absolute Gasteiger partial charge is 0.355 e. The van der Waals surface area contributed by atoms with E-state index in [9.17, 15) is 4.79 Å². The number of hydrogen-bond donors (Lipinski definition) is 2. The van der Waals surface area contributed by atoms with Gasteiger partial charge in [0.05, 0.1) is 6.42 Å². The van der Waals surface area contributed by atoms with E-state index in [0.717, 1.165) is 22.5 Å². The highest BCUT2D eigenvalue weighted by atomic mass is 16.1. The fraction of sp³-hybridized carbons (Fsp3) is 0.143. The van der Waals surface area contributed by atoms with Crippen molar-refractivity contribution in [2.75, 3.05) is 5.32 Å². The molecule has 2 aromatic rings. The van der Waals surface area contributed by atoms with Crippen molar-refractivity contribution in [2.45, 2.75) is 13.0 Å². The minimum Gasteiger partial charge on any atom is -0.355 e. The van der Waals surface area contributed by atoms with Gasteiger partial charge in [-0.15, -0.1) is 0 Å². The molecule has 0 radical (unpaired) electrons. The first-order valence-electron chi connectivity index (χ1n) is 5.87. The minimum atomic E-state index is 0.0866. The van der Waals surface area contributed by atoms with E-state index in [4.69, 9.17) is 0 Å². The summed E-state index contributed by atoms with van der Waals surface area (Å²) in [6.45, 7) is 0.586. The molecule has 0 aliphatic carbocycles. The Labute approximate surface area is 105 Å². The Kier molecular flexibility index (Phi) is 2.68. The summed E-state index contributed by atoms with van der Waals surface area (Å²) in [4.78, 5) is 15.3. The maximum Gasteiger partial charge on any atom is 0.224 e. The van der Waals surface area contributed by atoms with E-state index in [2.05, 4.69) is 15.6 Å². The Morgan fingerprint density at radius 3 is 2.83 bits per heavy atom. The first-order chi connectivity index (χ1) is 8.83. The van der Waals surface area contributed by atoms with Crippen LogP contribution in [0.1, 0.15) is 11.1 Å². The average molecular weight is 239 g/mol. The molecule has 0 saturated carbocycles. The van der Waals surface area contributed by atoms with Gasteiger partial charge in [-0.1, -0.05) is 12.1 Å². The predicted octanol–water partition coefficient (Wildman–Crippen LogP) is 2.00. The van der Waals surface area contributed by atoms with Crippen molar-refractivity contribution in [1.82, 2.24) is 10.3 Å². The molecule has 0 atom stereocenters. The number of rotatable bonds is 2. The van der Waals surface area contributed by atoms with Gasteiger partial charge in [0, 0.05) is 30.3 Å². The molecule has 1 amide bonds. The highest BCUT2D eigenvalue weighted by Gasteiger charge is 2.17. The minimum absolute atomic E-state index is 0.0866. The monoisotopic (exact) mass is 239 g/mol. The van der Waals surface area contributed by atoms with Gasteiger partial charge < -0.3 is 10.6 Å². The number of carbonyl (C=O) groups excluding carboxylic acids is 1. The standard InChI is InChI=1S/C14H13N3O/c18-14-8-10-2-1-3-13(12(10)9-16-14)17-11-4-6-15-7-5-11/h1-7H,8-9H2,(H,15,17)(H,16,18). The van der Waals surface area contributed by atoms with Crippen LogP contribution in [-0.2, 0) is 17.8 Å². The number of aromatic nitrogens is 1. The van der Waals surface area contributed by atoms with E-state index < -0.39 is 0 Å². The number of hydrogen-bond acceptors (Lipinski definition) is 3. The number of pyridine rings is 1. The van der Waals surface area contributed by atoms with Crippen LogP contribution in [0.15, 0.2) is 42.7 Å². The lowest BCUT2D eigenvalue weighted by molar-refractivity contribution is -0.121. The van der Waals surface area contributed by atoms with E-state index in [-0.39, 0.29) is 5.91 Å². The summed E-state index contributed by atoms with van der Waals surface area (Å²) < 4.78 is 0. The van der Waals surface area contributed by atoms with Crippen LogP contribution in [0.3, 0.4) is 0 Å². The first kappa shape index (κ1) is 10.8. The maximum absolute atomic E-state index is 11.4.